The minimum Gasteiger partial charge on any atom is -0.486 e. The highest BCUT2D eigenvalue weighted by Crippen LogP contribution is 2.31. The van der Waals surface area contributed by atoms with Crippen molar-refractivity contribution < 1.29 is 19.1 Å². The highest BCUT2D eigenvalue weighted by Gasteiger charge is 2.25. The van der Waals surface area contributed by atoms with E-state index in [0.29, 0.717) is 65.0 Å². The van der Waals surface area contributed by atoms with Crippen molar-refractivity contribution in [3.8, 4) is 5.75 Å². The van der Waals surface area contributed by atoms with E-state index in [4.69, 9.17) is 21.1 Å². The first-order chi connectivity index (χ1) is 19.5. The van der Waals surface area contributed by atoms with Gasteiger partial charge in [-0.2, -0.15) is 0 Å². The number of amides is 2. The van der Waals surface area contributed by atoms with Gasteiger partial charge < -0.3 is 19.7 Å². The van der Waals surface area contributed by atoms with E-state index >= 15 is 0 Å². The second-order valence-electron chi connectivity index (χ2n) is 9.12. The average Bonchev–Trinajstić information content (AvgIpc) is 2.97. The van der Waals surface area contributed by atoms with Gasteiger partial charge in [0.2, 0.25) is 5.91 Å². The molecule has 2 N–H and O–H groups in total. The Morgan fingerprint density at radius 2 is 1.98 bits per heavy atom. The van der Waals surface area contributed by atoms with Crippen molar-refractivity contribution >= 4 is 51.7 Å². The molecule has 5 rings (SSSR count). The van der Waals surface area contributed by atoms with Gasteiger partial charge in [0.05, 0.1) is 22.8 Å². The molecular weight excluding hydrogens is 532 g/mol. The van der Waals surface area contributed by atoms with E-state index in [0.717, 1.165) is 12.1 Å². The average molecular weight is 559 g/mol. The summed E-state index contributed by atoms with van der Waals surface area (Å²) < 4.78 is 11.4. The molecule has 0 saturated carbocycles. The maximum absolute atomic E-state index is 12.6. The summed E-state index contributed by atoms with van der Waals surface area (Å²) in [6.07, 6.45) is 4.88. The SMILES string of the molecule is C=CC(=O)N1CCCC(OC(=O)Nc2ccc3ncnc(Nc4ccc(OCc5ccccn5)c(Cl)c4)c3c2)C1. The number of nitrogens with one attached hydrogen (secondary N) is 2. The quantitative estimate of drug-likeness (QED) is 0.263. The maximum Gasteiger partial charge on any atom is 0.411 e. The number of carbonyl (C=O) groups is 2. The first-order valence-corrected chi connectivity index (χ1v) is 13.1. The minimum absolute atomic E-state index is 0.170. The summed E-state index contributed by atoms with van der Waals surface area (Å²) in [5.74, 6) is 0.896. The smallest absolute Gasteiger partial charge is 0.411 e. The van der Waals surface area contributed by atoms with Gasteiger partial charge in [-0.15, -0.1) is 0 Å². The van der Waals surface area contributed by atoms with Crippen LogP contribution in [0.25, 0.3) is 10.9 Å². The molecule has 11 heteroatoms. The molecule has 2 aromatic carbocycles. The van der Waals surface area contributed by atoms with Gasteiger partial charge in [0.1, 0.15) is 30.6 Å². The van der Waals surface area contributed by atoms with Crippen LogP contribution in [0.4, 0.5) is 22.0 Å². The summed E-state index contributed by atoms with van der Waals surface area (Å²) in [5, 5.41) is 7.15. The number of ether oxygens (including phenoxy) is 2. The summed E-state index contributed by atoms with van der Waals surface area (Å²) >= 11 is 6.47. The molecule has 40 heavy (non-hydrogen) atoms. The number of piperidine rings is 1. The van der Waals surface area contributed by atoms with Gasteiger partial charge >= 0.3 is 6.09 Å². The zero-order valence-corrected chi connectivity index (χ0v) is 22.3. The Labute approximate surface area is 236 Å². The van der Waals surface area contributed by atoms with Gasteiger partial charge in [0.25, 0.3) is 0 Å². The standard InChI is InChI=1S/C29H27ClN6O4/c1-2-27(37)36-13-5-7-22(16-36)40-29(38)35-19-8-10-25-23(14-19)28(33-18-32-25)34-20-9-11-26(24(30)15-20)39-17-21-6-3-4-12-31-21/h2-4,6,8-12,14-15,18,22H,1,5,7,13,16-17H2,(H,35,38)(H,32,33,34). The maximum atomic E-state index is 12.6. The molecule has 1 aliphatic rings. The predicted octanol–water partition coefficient (Wildman–Crippen LogP) is 5.73. The largest absolute Gasteiger partial charge is 0.486 e. The van der Waals surface area contributed by atoms with Crippen LogP contribution in [0.2, 0.25) is 5.02 Å². The second kappa shape index (κ2) is 12.4. The molecule has 3 heterocycles. The van der Waals surface area contributed by atoms with Crippen LogP contribution in [0.3, 0.4) is 0 Å². The molecule has 10 nitrogen and oxygen atoms in total. The molecule has 4 aromatic rings. The lowest BCUT2D eigenvalue weighted by atomic mass is 10.1. The molecule has 0 radical (unpaired) electrons. The highest BCUT2D eigenvalue weighted by atomic mass is 35.5. The number of halogens is 1. The lowest BCUT2D eigenvalue weighted by Gasteiger charge is -2.31. The van der Waals surface area contributed by atoms with Crippen molar-refractivity contribution in [3.05, 3.63) is 90.5 Å². The van der Waals surface area contributed by atoms with E-state index in [-0.39, 0.29) is 12.0 Å². The van der Waals surface area contributed by atoms with E-state index in [9.17, 15) is 9.59 Å². The molecule has 1 aliphatic heterocycles. The fourth-order valence-corrected chi connectivity index (χ4v) is 4.60. The molecule has 0 aliphatic carbocycles. The van der Waals surface area contributed by atoms with Crippen LogP contribution in [0, 0.1) is 0 Å². The third-order valence-corrected chi connectivity index (χ3v) is 6.61. The Morgan fingerprint density at radius 1 is 1.10 bits per heavy atom. The fourth-order valence-electron chi connectivity index (χ4n) is 4.36. The molecule has 2 amide bonds. The van der Waals surface area contributed by atoms with E-state index in [1.807, 2.05) is 24.3 Å². The van der Waals surface area contributed by atoms with Crippen LogP contribution >= 0.6 is 11.6 Å². The number of fused-ring (bicyclic) bond motifs is 1. The number of nitrogens with zero attached hydrogens (tertiary/aromatic N) is 4. The summed E-state index contributed by atoms with van der Waals surface area (Å²) in [4.78, 5) is 39.1. The number of hydrogen-bond acceptors (Lipinski definition) is 8. The number of anilines is 3. The first kappa shape index (κ1) is 26.9. The third-order valence-electron chi connectivity index (χ3n) is 6.32. The Bertz CT molecular complexity index is 1530. The van der Waals surface area contributed by atoms with Crippen molar-refractivity contribution in [3.63, 3.8) is 0 Å². The fraction of sp³-hybridized carbons (Fsp3) is 0.207. The molecule has 204 valence electrons. The molecule has 0 spiro atoms. The number of aromatic nitrogens is 3. The molecular formula is C29H27ClN6O4. The molecule has 1 unspecified atom stereocenters. The second-order valence-corrected chi connectivity index (χ2v) is 9.52. The van der Waals surface area contributed by atoms with Gasteiger partial charge in [-0.05, 0) is 67.4 Å². The van der Waals surface area contributed by atoms with Crippen molar-refractivity contribution in [2.75, 3.05) is 23.7 Å². The Kier molecular flexibility index (Phi) is 8.36. The van der Waals surface area contributed by atoms with Crippen molar-refractivity contribution in [1.29, 1.82) is 0 Å². The summed E-state index contributed by atoms with van der Waals surface area (Å²) in [7, 11) is 0. The summed E-state index contributed by atoms with van der Waals surface area (Å²) in [5.41, 5.74) is 2.69. The topological polar surface area (TPSA) is 119 Å². The van der Waals surface area contributed by atoms with Crippen LogP contribution in [0.15, 0.2) is 79.8 Å². The van der Waals surface area contributed by atoms with Gasteiger partial charge in [-0.25, -0.2) is 14.8 Å². The van der Waals surface area contributed by atoms with Gasteiger partial charge in [0, 0.05) is 29.5 Å². The minimum atomic E-state index is -0.600. The van der Waals surface area contributed by atoms with E-state index in [2.05, 4.69) is 32.2 Å². The van der Waals surface area contributed by atoms with Gasteiger partial charge in [-0.1, -0.05) is 24.2 Å². The summed E-state index contributed by atoms with van der Waals surface area (Å²) in [6, 6.07) is 16.2. The molecule has 1 atom stereocenters. The van der Waals surface area contributed by atoms with Crippen LogP contribution in [-0.2, 0) is 16.1 Å². The number of likely N-dealkylation sites (tertiary alicyclic amines) is 1. The lowest BCUT2D eigenvalue weighted by Crippen LogP contribution is -2.43. The van der Waals surface area contributed by atoms with Crippen LogP contribution < -0.4 is 15.4 Å². The monoisotopic (exact) mass is 558 g/mol. The number of rotatable bonds is 8. The Balaban J connectivity index is 1.25. The van der Waals surface area contributed by atoms with Crippen LogP contribution in [0.5, 0.6) is 5.75 Å². The number of carbonyl (C=O) groups excluding carboxylic acids is 2. The van der Waals surface area contributed by atoms with Crippen molar-refractivity contribution in [2.24, 2.45) is 0 Å². The lowest BCUT2D eigenvalue weighted by molar-refractivity contribution is -0.128. The Morgan fingerprint density at radius 3 is 2.77 bits per heavy atom. The molecule has 1 fully saturated rings. The normalized spacial score (nSPS) is 14.8. The number of pyridine rings is 1. The van der Waals surface area contributed by atoms with E-state index < -0.39 is 6.09 Å². The third kappa shape index (κ3) is 6.65. The molecule has 2 aromatic heterocycles. The van der Waals surface area contributed by atoms with Crippen LogP contribution in [-0.4, -0.2) is 51.0 Å². The first-order valence-electron chi connectivity index (χ1n) is 12.7. The van der Waals surface area contributed by atoms with E-state index in [1.165, 1.54) is 12.4 Å². The van der Waals surface area contributed by atoms with Crippen molar-refractivity contribution in [1.82, 2.24) is 19.9 Å². The predicted molar refractivity (Wildman–Crippen MR) is 153 cm³/mol. The number of benzene rings is 2. The van der Waals surface area contributed by atoms with Gasteiger partial charge in [-0.3, -0.25) is 15.1 Å². The Hall–Kier alpha value is -4.70. The molecule has 1 saturated heterocycles. The highest BCUT2D eigenvalue weighted by molar-refractivity contribution is 6.32. The molecule has 0 bridgehead atoms. The zero-order chi connectivity index (χ0) is 27.9. The summed E-state index contributed by atoms with van der Waals surface area (Å²) in [6.45, 7) is 4.79. The zero-order valence-electron chi connectivity index (χ0n) is 21.5. The van der Waals surface area contributed by atoms with Crippen LogP contribution in [0.1, 0.15) is 18.5 Å². The van der Waals surface area contributed by atoms with Gasteiger partial charge in [0.15, 0.2) is 0 Å². The van der Waals surface area contributed by atoms with E-state index in [1.54, 1.807) is 41.4 Å². The van der Waals surface area contributed by atoms with Crippen molar-refractivity contribution in [2.45, 2.75) is 25.6 Å². The number of hydrogen-bond donors (Lipinski definition) is 2.